The van der Waals surface area contributed by atoms with Crippen molar-refractivity contribution >= 4 is 0 Å². The van der Waals surface area contributed by atoms with Crippen molar-refractivity contribution in [2.24, 2.45) is 0 Å². The lowest BCUT2D eigenvalue weighted by molar-refractivity contribution is 0.660. The summed E-state index contributed by atoms with van der Waals surface area (Å²) in [6.45, 7) is 9.24. The van der Waals surface area contributed by atoms with Crippen LogP contribution >= 0.6 is 0 Å². The van der Waals surface area contributed by atoms with Crippen LogP contribution in [0.2, 0.25) is 0 Å². The lowest BCUT2D eigenvalue weighted by Gasteiger charge is -2.22. The standard InChI is InChI=1S/C30H28/c1-20-14-15-24(22-10-6-5-7-11-22)19-25(20)18-23-16-17-28-29(21(23)2)26-12-8-9-13-27(26)30(28,3)4/h5-17,19H,18H2,1-4H3. The topological polar surface area (TPSA) is 0 Å². The Morgan fingerprint density at radius 1 is 0.633 bits per heavy atom. The van der Waals surface area contributed by atoms with Crippen molar-refractivity contribution in [3.63, 3.8) is 0 Å². The minimum Gasteiger partial charge on any atom is -0.0622 e. The number of aryl methyl sites for hydroxylation is 1. The van der Waals surface area contributed by atoms with Crippen LogP contribution in [0.4, 0.5) is 0 Å². The molecule has 148 valence electrons. The van der Waals surface area contributed by atoms with Gasteiger partial charge in [0.1, 0.15) is 0 Å². The summed E-state index contributed by atoms with van der Waals surface area (Å²) in [5.74, 6) is 0. The minimum absolute atomic E-state index is 0.0678. The molecule has 0 fully saturated rings. The number of rotatable bonds is 3. The van der Waals surface area contributed by atoms with E-state index in [1.807, 2.05) is 0 Å². The third kappa shape index (κ3) is 2.91. The molecule has 0 N–H and O–H groups in total. The Morgan fingerprint density at radius 2 is 1.37 bits per heavy atom. The molecule has 0 bridgehead atoms. The highest BCUT2D eigenvalue weighted by Gasteiger charge is 2.36. The molecule has 1 aliphatic carbocycles. The van der Waals surface area contributed by atoms with E-state index in [1.165, 1.54) is 55.6 Å². The fourth-order valence-corrected chi connectivity index (χ4v) is 5.08. The average Bonchev–Trinajstić information content (AvgIpc) is 3.00. The first-order chi connectivity index (χ1) is 14.5. The second-order valence-corrected chi connectivity index (χ2v) is 9.13. The summed E-state index contributed by atoms with van der Waals surface area (Å²) >= 11 is 0. The molecule has 0 spiro atoms. The van der Waals surface area contributed by atoms with Crippen molar-refractivity contribution in [3.8, 4) is 22.3 Å². The fourth-order valence-electron chi connectivity index (χ4n) is 5.08. The Hall–Kier alpha value is -3.12. The van der Waals surface area contributed by atoms with Gasteiger partial charge in [-0.05, 0) is 75.9 Å². The lowest BCUT2D eigenvalue weighted by Crippen LogP contribution is -2.15. The number of hydrogen-bond donors (Lipinski definition) is 0. The first-order valence-electron chi connectivity index (χ1n) is 10.8. The Morgan fingerprint density at radius 3 is 2.17 bits per heavy atom. The maximum atomic E-state index is 2.37. The smallest absolute Gasteiger partial charge is 0.0158 e. The maximum Gasteiger partial charge on any atom is 0.0158 e. The van der Waals surface area contributed by atoms with Crippen LogP contribution in [0.1, 0.15) is 47.2 Å². The fraction of sp³-hybridized carbons (Fsp3) is 0.200. The molecule has 0 aromatic heterocycles. The summed E-state index contributed by atoms with van der Waals surface area (Å²) in [6.07, 6.45) is 0.966. The van der Waals surface area contributed by atoms with E-state index >= 15 is 0 Å². The Balaban J connectivity index is 1.59. The van der Waals surface area contributed by atoms with Crippen LogP contribution in [0.25, 0.3) is 22.3 Å². The van der Waals surface area contributed by atoms with E-state index in [0.717, 1.165) is 6.42 Å². The largest absolute Gasteiger partial charge is 0.0622 e. The van der Waals surface area contributed by atoms with Gasteiger partial charge in [-0.1, -0.05) is 98.8 Å². The van der Waals surface area contributed by atoms with Gasteiger partial charge in [-0.15, -0.1) is 0 Å². The Labute approximate surface area is 180 Å². The predicted octanol–water partition coefficient (Wildman–Crippen LogP) is 7.87. The molecular weight excluding hydrogens is 360 g/mol. The molecule has 0 saturated heterocycles. The van der Waals surface area contributed by atoms with Gasteiger partial charge in [0.15, 0.2) is 0 Å². The van der Waals surface area contributed by atoms with Crippen LogP contribution in [-0.4, -0.2) is 0 Å². The summed E-state index contributed by atoms with van der Waals surface area (Å²) in [5.41, 5.74) is 14.0. The van der Waals surface area contributed by atoms with E-state index in [2.05, 4.69) is 113 Å². The van der Waals surface area contributed by atoms with Crippen molar-refractivity contribution in [2.75, 3.05) is 0 Å². The van der Waals surface area contributed by atoms with Gasteiger partial charge >= 0.3 is 0 Å². The first-order valence-corrected chi connectivity index (χ1v) is 10.8. The van der Waals surface area contributed by atoms with E-state index in [-0.39, 0.29) is 5.41 Å². The SMILES string of the molecule is Cc1ccc(-c2ccccc2)cc1Cc1ccc2c(c1C)-c1ccccc1C2(C)C. The minimum atomic E-state index is 0.0678. The zero-order chi connectivity index (χ0) is 20.9. The van der Waals surface area contributed by atoms with Gasteiger partial charge in [-0.3, -0.25) is 0 Å². The van der Waals surface area contributed by atoms with Gasteiger partial charge in [0.25, 0.3) is 0 Å². The van der Waals surface area contributed by atoms with Crippen LogP contribution in [0.3, 0.4) is 0 Å². The molecule has 0 heterocycles. The number of hydrogen-bond acceptors (Lipinski definition) is 0. The molecule has 0 heteroatoms. The molecule has 0 nitrogen and oxygen atoms in total. The molecule has 0 amide bonds. The van der Waals surface area contributed by atoms with Crippen LogP contribution < -0.4 is 0 Å². The van der Waals surface area contributed by atoms with Crippen LogP contribution in [0.15, 0.2) is 84.9 Å². The van der Waals surface area contributed by atoms with Gasteiger partial charge in [0.2, 0.25) is 0 Å². The summed E-state index contributed by atoms with van der Waals surface area (Å²) < 4.78 is 0. The molecule has 4 aromatic carbocycles. The van der Waals surface area contributed by atoms with E-state index in [0.29, 0.717) is 0 Å². The van der Waals surface area contributed by atoms with E-state index in [1.54, 1.807) is 0 Å². The zero-order valence-corrected chi connectivity index (χ0v) is 18.3. The highest BCUT2D eigenvalue weighted by molar-refractivity contribution is 5.83. The van der Waals surface area contributed by atoms with Crippen molar-refractivity contribution in [3.05, 3.63) is 118 Å². The highest BCUT2D eigenvalue weighted by Crippen LogP contribution is 2.50. The van der Waals surface area contributed by atoms with E-state index in [4.69, 9.17) is 0 Å². The zero-order valence-electron chi connectivity index (χ0n) is 18.3. The van der Waals surface area contributed by atoms with Crippen molar-refractivity contribution < 1.29 is 0 Å². The normalized spacial score (nSPS) is 13.7. The monoisotopic (exact) mass is 388 g/mol. The molecule has 0 unspecified atom stereocenters. The molecular formula is C30H28. The van der Waals surface area contributed by atoms with Crippen LogP contribution in [0.5, 0.6) is 0 Å². The van der Waals surface area contributed by atoms with Gasteiger partial charge in [0.05, 0.1) is 0 Å². The van der Waals surface area contributed by atoms with Gasteiger partial charge in [0, 0.05) is 5.41 Å². The van der Waals surface area contributed by atoms with Gasteiger partial charge < -0.3 is 0 Å². The molecule has 0 atom stereocenters. The van der Waals surface area contributed by atoms with Crippen molar-refractivity contribution in [1.82, 2.24) is 0 Å². The highest BCUT2D eigenvalue weighted by atomic mass is 14.4. The molecule has 0 aliphatic heterocycles. The quantitative estimate of drug-likeness (QED) is 0.335. The Bertz CT molecular complexity index is 1240. The predicted molar refractivity (Wildman–Crippen MR) is 128 cm³/mol. The third-order valence-electron chi connectivity index (χ3n) is 6.96. The number of benzene rings is 4. The molecule has 30 heavy (non-hydrogen) atoms. The summed E-state index contributed by atoms with van der Waals surface area (Å²) in [5, 5.41) is 0. The molecule has 5 rings (SSSR count). The molecule has 0 saturated carbocycles. The second-order valence-electron chi connectivity index (χ2n) is 9.13. The summed E-state index contributed by atoms with van der Waals surface area (Å²) in [4.78, 5) is 0. The molecule has 0 radical (unpaired) electrons. The third-order valence-corrected chi connectivity index (χ3v) is 6.96. The van der Waals surface area contributed by atoms with Gasteiger partial charge in [-0.2, -0.15) is 0 Å². The second kappa shape index (κ2) is 6.99. The Kier molecular flexibility index (Phi) is 4.40. The first kappa shape index (κ1) is 18.9. The van der Waals surface area contributed by atoms with Crippen molar-refractivity contribution in [1.29, 1.82) is 0 Å². The van der Waals surface area contributed by atoms with E-state index < -0.39 is 0 Å². The maximum absolute atomic E-state index is 2.37. The summed E-state index contributed by atoms with van der Waals surface area (Å²) in [7, 11) is 0. The van der Waals surface area contributed by atoms with Crippen LogP contribution in [0, 0.1) is 13.8 Å². The summed E-state index contributed by atoms with van der Waals surface area (Å²) in [6, 6.07) is 31.2. The molecule has 1 aliphatic rings. The van der Waals surface area contributed by atoms with E-state index in [9.17, 15) is 0 Å². The number of fused-ring (bicyclic) bond motifs is 3. The average molecular weight is 389 g/mol. The lowest BCUT2D eigenvalue weighted by atomic mass is 9.81. The molecule has 4 aromatic rings. The van der Waals surface area contributed by atoms with Gasteiger partial charge in [-0.25, -0.2) is 0 Å². The van der Waals surface area contributed by atoms with Crippen molar-refractivity contribution in [2.45, 2.75) is 39.5 Å². The van der Waals surface area contributed by atoms with Crippen LogP contribution in [-0.2, 0) is 11.8 Å².